The molecule has 23 heavy (non-hydrogen) atoms. The maximum absolute atomic E-state index is 11.8. The van der Waals surface area contributed by atoms with Crippen molar-refractivity contribution in [2.75, 3.05) is 10.6 Å². The molecule has 0 aliphatic heterocycles. The molecular formula is C19H24N2O2. The van der Waals surface area contributed by atoms with Gasteiger partial charge in [-0.1, -0.05) is 35.9 Å². The molecular weight excluding hydrogens is 288 g/mol. The normalized spacial score (nSPS) is 11.0. The average Bonchev–Trinajstić information content (AvgIpc) is 2.45. The van der Waals surface area contributed by atoms with Crippen LogP contribution in [0.4, 0.5) is 16.2 Å². The zero-order chi connectivity index (χ0) is 16.9. The number of nitrogens with one attached hydrogen (secondary N) is 2. The maximum atomic E-state index is 11.8. The van der Waals surface area contributed by atoms with Crippen molar-refractivity contribution in [3.05, 3.63) is 59.7 Å². The lowest BCUT2D eigenvalue weighted by molar-refractivity contribution is 0.0636. The van der Waals surface area contributed by atoms with Gasteiger partial charge in [-0.3, -0.25) is 5.32 Å². The smallest absolute Gasteiger partial charge is 0.412 e. The first-order chi connectivity index (χ1) is 10.8. The molecule has 0 bridgehead atoms. The van der Waals surface area contributed by atoms with Crippen molar-refractivity contribution in [1.29, 1.82) is 0 Å². The first kappa shape index (κ1) is 16.9. The standard InChI is InChI=1S/C19H24N2O2/c1-14-8-10-15(11-9-14)13-20-16-6-5-7-17(12-16)21-18(22)23-19(2,3)4/h5-12,20H,13H2,1-4H3,(H,21,22). The van der Waals surface area contributed by atoms with Crippen molar-refractivity contribution in [3.63, 3.8) is 0 Å². The Bertz CT molecular complexity index is 658. The van der Waals surface area contributed by atoms with Crippen LogP contribution < -0.4 is 10.6 Å². The molecule has 0 radical (unpaired) electrons. The molecule has 122 valence electrons. The Kier molecular flexibility index (Phi) is 5.27. The van der Waals surface area contributed by atoms with Gasteiger partial charge in [0.15, 0.2) is 0 Å². The molecule has 0 saturated heterocycles. The van der Waals surface area contributed by atoms with E-state index in [2.05, 4.69) is 41.8 Å². The first-order valence-corrected chi connectivity index (χ1v) is 7.71. The summed E-state index contributed by atoms with van der Waals surface area (Å²) in [6, 6.07) is 16.0. The minimum atomic E-state index is -0.509. The number of hydrogen-bond donors (Lipinski definition) is 2. The SMILES string of the molecule is Cc1ccc(CNc2cccc(NC(=O)OC(C)(C)C)c2)cc1. The number of benzene rings is 2. The summed E-state index contributed by atoms with van der Waals surface area (Å²) in [5.74, 6) is 0. The quantitative estimate of drug-likeness (QED) is 0.839. The molecule has 2 N–H and O–H groups in total. The van der Waals surface area contributed by atoms with E-state index in [-0.39, 0.29) is 0 Å². The second-order valence-corrected chi connectivity index (χ2v) is 6.55. The van der Waals surface area contributed by atoms with Gasteiger partial charge < -0.3 is 10.1 Å². The Hall–Kier alpha value is -2.49. The van der Waals surface area contributed by atoms with Crippen LogP contribution in [0.15, 0.2) is 48.5 Å². The van der Waals surface area contributed by atoms with Gasteiger partial charge in [-0.05, 0) is 51.5 Å². The van der Waals surface area contributed by atoms with E-state index in [0.717, 1.165) is 12.2 Å². The zero-order valence-corrected chi connectivity index (χ0v) is 14.1. The number of carbonyl (C=O) groups excluding carboxylic acids is 1. The van der Waals surface area contributed by atoms with Gasteiger partial charge in [0.25, 0.3) is 0 Å². The van der Waals surface area contributed by atoms with Crippen LogP contribution in [0.5, 0.6) is 0 Å². The predicted molar refractivity (Wildman–Crippen MR) is 94.8 cm³/mol. The third kappa shape index (κ3) is 6.02. The highest BCUT2D eigenvalue weighted by atomic mass is 16.6. The van der Waals surface area contributed by atoms with Crippen molar-refractivity contribution < 1.29 is 9.53 Å². The molecule has 0 heterocycles. The van der Waals surface area contributed by atoms with Crippen molar-refractivity contribution in [2.24, 2.45) is 0 Å². The van der Waals surface area contributed by atoms with E-state index in [1.54, 1.807) is 0 Å². The van der Waals surface area contributed by atoms with Gasteiger partial charge in [0, 0.05) is 17.9 Å². The number of aryl methyl sites for hydroxylation is 1. The molecule has 0 aliphatic rings. The van der Waals surface area contributed by atoms with E-state index in [4.69, 9.17) is 4.74 Å². The van der Waals surface area contributed by atoms with Crippen LogP contribution in [-0.2, 0) is 11.3 Å². The van der Waals surface area contributed by atoms with E-state index in [9.17, 15) is 4.79 Å². The molecule has 0 atom stereocenters. The van der Waals surface area contributed by atoms with Gasteiger partial charge in [0.1, 0.15) is 5.60 Å². The van der Waals surface area contributed by atoms with Gasteiger partial charge in [-0.25, -0.2) is 4.79 Å². The lowest BCUT2D eigenvalue weighted by Crippen LogP contribution is -2.27. The molecule has 2 aromatic rings. The summed E-state index contributed by atoms with van der Waals surface area (Å²) < 4.78 is 5.25. The molecule has 0 saturated carbocycles. The predicted octanol–water partition coefficient (Wildman–Crippen LogP) is 4.95. The molecule has 4 nitrogen and oxygen atoms in total. The Morgan fingerprint density at radius 1 is 1.04 bits per heavy atom. The Labute approximate surface area is 137 Å². The van der Waals surface area contributed by atoms with Crippen LogP contribution in [0.25, 0.3) is 0 Å². The molecule has 2 aromatic carbocycles. The second kappa shape index (κ2) is 7.18. The topological polar surface area (TPSA) is 50.4 Å². The van der Waals surface area contributed by atoms with Crippen molar-refractivity contribution >= 4 is 17.5 Å². The lowest BCUT2D eigenvalue weighted by Gasteiger charge is -2.19. The Morgan fingerprint density at radius 2 is 1.70 bits per heavy atom. The summed E-state index contributed by atoms with van der Waals surface area (Å²) in [5, 5.41) is 6.09. The summed E-state index contributed by atoms with van der Waals surface area (Å²) >= 11 is 0. The summed E-state index contributed by atoms with van der Waals surface area (Å²) in [5.41, 5.74) is 3.59. The molecule has 4 heteroatoms. The van der Waals surface area contributed by atoms with Crippen LogP contribution in [-0.4, -0.2) is 11.7 Å². The highest BCUT2D eigenvalue weighted by molar-refractivity contribution is 5.85. The lowest BCUT2D eigenvalue weighted by atomic mass is 10.1. The van der Waals surface area contributed by atoms with E-state index in [0.29, 0.717) is 5.69 Å². The van der Waals surface area contributed by atoms with Crippen molar-refractivity contribution in [1.82, 2.24) is 0 Å². The van der Waals surface area contributed by atoms with Gasteiger partial charge in [-0.15, -0.1) is 0 Å². The van der Waals surface area contributed by atoms with Crippen LogP contribution in [0, 0.1) is 6.92 Å². The Balaban J connectivity index is 1.94. The highest BCUT2D eigenvalue weighted by Gasteiger charge is 2.16. The highest BCUT2D eigenvalue weighted by Crippen LogP contribution is 2.17. The fourth-order valence-electron chi connectivity index (χ4n) is 2.04. The summed E-state index contributed by atoms with van der Waals surface area (Å²) in [7, 11) is 0. The fourth-order valence-corrected chi connectivity index (χ4v) is 2.04. The molecule has 1 amide bonds. The van der Waals surface area contributed by atoms with Crippen molar-refractivity contribution in [3.8, 4) is 0 Å². The Morgan fingerprint density at radius 3 is 2.35 bits per heavy atom. The molecule has 0 aromatic heterocycles. The van der Waals surface area contributed by atoms with E-state index < -0.39 is 11.7 Å². The van der Waals surface area contributed by atoms with Gasteiger partial charge in [0.05, 0.1) is 0 Å². The number of carbonyl (C=O) groups is 1. The first-order valence-electron chi connectivity index (χ1n) is 7.71. The third-order valence-corrected chi connectivity index (χ3v) is 3.13. The number of hydrogen-bond acceptors (Lipinski definition) is 3. The average molecular weight is 312 g/mol. The van der Waals surface area contributed by atoms with Crippen LogP contribution in [0.2, 0.25) is 0 Å². The van der Waals surface area contributed by atoms with Crippen LogP contribution >= 0.6 is 0 Å². The largest absolute Gasteiger partial charge is 0.444 e. The molecule has 2 rings (SSSR count). The fraction of sp³-hybridized carbons (Fsp3) is 0.316. The minimum Gasteiger partial charge on any atom is -0.444 e. The maximum Gasteiger partial charge on any atom is 0.412 e. The molecule has 0 unspecified atom stereocenters. The second-order valence-electron chi connectivity index (χ2n) is 6.55. The summed E-state index contributed by atoms with van der Waals surface area (Å²) in [6.45, 7) is 8.32. The van der Waals surface area contributed by atoms with Crippen molar-refractivity contribution in [2.45, 2.75) is 39.8 Å². The molecule has 0 fully saturated rings. The van der Waals surface area contributed by atoms with E-state index in [1.165, 1.54) is 11.1 Å². The number of ether oxygens (including phenoxy) is 1. The van der Waals surface area contributed by atoms with E-state index in [1.807, 2.05) is 45.0 Å². The number of rotatable bonds is 4. The number of amides is 1. The van der Waals surface area contributed by atoms with Gasteiger partial charge in [-0.2, -0.15) is 0 Å². The minimum absolute atomic E-state index is 0.451. The van der Waals surface area contributed by atoms with Crippen LogP contribution in [0.1, 0.15) is 31.9 Å². The summed E-state index contributed by atoms with van der Waals surface area (Å²) in [6.07, 6.45) is -0.451. The summed E-state index contributed by atoms with van der Waals surface area (Å²) in [4.78, 5) is 11.8. The number of anilines is 2. The molecule has 0 spiro atoms. The third-order valence-electron chi connectivity index (χ3n) is 3.13. The monoisotopic (exact) mass is 312 g/mol. The van der Waals surface area contributed by atoms with E-state index >= 15 is 0 Å². The zero-order valence-electron chi connectivity index (χ0n) is 14.1. The van der Waals surface area contributed by atoms with Gasteiger partial charge in [0.2, 0.25) is 0 Å². The van der Waals surface area contributed by atoms with Crippen LogP contribution in [0.3, 0.4) is 0 Å². The van der Waals surface area contributed by atoms with Gasteiger partial charge >= 0.3 is 6.09 Å². The molecule has 0 aliphatic carbocycles.